The molecule has 148 valence electrons. The normalized spacial score (nSPS) is 49.7. The summed E-state index contributed by atoms with van der Waals surface area (Å²) in [4.78, 5) is 0. The Bertz CT molecular complexity index is 588. The number of hydrogen-bond acceptors (Lipinski definition) is 2. The van der Waals surface area contributed by atoms with E-state index in [0.29, 0.717) is 22.7 Å². The Morgan fingerprint density at radius 2 is 1.81 bits per heavy atom. The van der Waals surface area contributed by atoms with Crippen molar-refractivity contribution in [2.45, 2.75) is 97.7 Å². The van der Waals surface area contributed by atoms with Gasteiger partial charge >= 0.3 is 0 Å². The first-order valence-corrected chi connectivity index (χ1v) is 11.2. The van der Waals surface area contributed by atoms with Crippen molar-refractivity contribution >= 4 is 0 Å². The van der Waals surface area contributed by atoms with Crippen molar-refractivity contribution in [2.24, 2.45) is 40.4 Å². The molecule has 0 bridgehead atoms. The zero-order valence-electron chi connectivity index (χ0n) is 17.6. The third-order valence-corrected chi connectivity index (χ3v) is 9.87. The third-order valence-electron chi connectivity index (χ3n) is 9.87. The van der Waals surface area contributed by atoms with E-state index in [1.165, 1.54) is 38.5 Å². The molecule has 4 rings (SSSR count). The Balaban J connectivity index is 1.62. The van der Waals surface area contributed by atoms with Gasteiger partial charge in [0, 0.05) is 0 Å². The Morgan fingerprint density at radius 3 is 2.50 bits per heavy atom. The van der Waals surface area contributed by atoms with Gasteiger partial charge in [0.05, 0.1) is 11.7 Å². The summed E-state index contributed by atoms with van der Waals surface area (Å²) in [5.74, 6) is 3.46. The maximum Gasteiger partial charge on any atom is 0.0620 e. The largest absolute Gasteiger partial charge is 0.393 e. The van der Waals surface area contributed by atoms with E-state index in [1.54, 1.807) is 5.57 Å². The van der Waals surface area contributed by atoms with E-state index in [0.717, 1.165) is 30.6 Å². The van der Waals surface area contributed by atoms with Crippen LogP contribution < -0.4 is 0 Å². The quantitative estimate of drug-likeness (QED) is 0.653. The Morgan fingerprint density at radius 1 is 1.08 bits per heavy atom. The fourth-order valence-electron chi connectivity index (χ4n) is 8.00. The van der Waals surface area contributed by atoms with Crippen LogP contribution >= 0.6 is 0 Å². The van der Waals surface area contributed by atoms with E-state index in [-0.39, 0.29) is 6.10 Å². The first-order valence-electron chi connectivity index (χ1n) is 11.2. The van der Waals surface area contributed by atoms with Gasteiger partial charge in [-0.3, -0.25) is 0 Å². The minimum Gasteiger partial charge on any atom is -0.393 e. The van der Waals surface area contributed by atoms with Gasteiger partial charge in [0.25, 0.3) is 0 Å². The molecule has 0 aliphatic heterocycles. The first kappa shape index (κ1) is 19.0. The third kappa shape index (κ3) is 2.65. The van der Waals surface area contributed by atoms with Crippen LogP contribution in [-0.4, -0.2) is 21.9 Å². The lowest BCUT2D eigenvalue weighted by atomic mass is 9.46. The molecule has 0 radical (unpaired) electrons. The molecule has 3 saturated carbocycles. The molecule has 4 aliphatic rings. The first-order chi connectivity index (χ1) is 12.1. The monoisotopic (exact) mass is 360 g/mol. The van der Waals surface area contributed by atoms with Crippen LogP contribution in [0.15, 0.2) is 11.6 Å². The maximum absolute atomic E-state index is 10.7. The van der Waals surface area contributed by atoms with Gasteiger partial charge in [-0.15, -0.1) is 0 Å². The minimum absolute atomic E-state index is 0.108. The van der Waals surface area contributed by atoms with Crippen molar-refractivity contribution in [1.82, 2.24) is 0 Å². The number of allylic oxidation sites excluding steroid dienone is 1. The van der Waals surface area contributed by atoms with Crippen LogP contribution in [-0.2, 0) is 0 Å². The molecule has 2 nitrogen and oxygen atoms in total. The van der Waals surface area contributed by atoms with Crippen LogP contribution in [0, 0.1) is 40.4 Å². The Hall–Kier alpha value is -0.340. The second kappa shape index (κ2) is 6.08. The topological polar surface area (TPSA) is 40.5 Å². The minimum atomic E-state index is -0.579. The van der Waals surface area contributed by atoms with Crippen molar-refractivity contribution in [1.29, 1.82) is 0 Å². The Kier molecular flexibility index (Phi) is 4.44. The summed E-state index contributed by atoms with van der Waals surface area (Å²) in [5, 5.41) is 20.8. The smallest absolute Gasteiger partial charge is 0.0620 e. The molecule has 0 aromatic rings. The van der Waals surface area contributed by atoms with E-state index in [4.69, 9.17) is 0 Å². The predicted octanol–water partition coefficient (Wildman–Crippen LogP) is 5.33. The fraction of sp³-hybridized carbons (Fsp3) is 0.917. The van der Waals surface area contributed by atoms with Gasteiger partial charge in [0.1, 0.15) is 0 Å². The maximum atomic E-state index is 10.7. The lowest BCUT2D eigenvalue weighted by Crippen LogP contribution is -2.51. The van der Waals surface area contributed by atoms with Crippen LogP contribution in [0.1, 0.15) is 86.0 Å². The molecule has 0 spiro atoms. The highest BCUT2D eigenvalue weighted by Crippen LogP contribution is 2.67. The van der Waals surface area contributed by atoms with E-state index in [9.17, 15) is 10.2 Å². The van der Waals surface area contributed by atoms with Crippen LogP contribution in [0.2, 0.25) is 0 Å². The Labute approximate surface area is 160 Å². The van der Waals surface area contributed by atoms with Gasteiger partial charge in [-0.05, 0) is 106 Å². The zero-order chi connectivity index (χ0) is 18.9. The van der Waals surface area contributed by atoms with Crippen LogP contribution in [0.25, 0.3) is 0 Å². The molecule has 4 aliphatic carbocycles. The molecule has 0 unspecified atom stereocenters. The molecule has 0 amide bonds. The summed E-state index contributed by atoms with van der Waals surface area (Å²) >= 11 is 0. The molecular weight excluding hydrogens is 320 g/mol. The van der Waals surface area contributed by atoms with Gasteiger partial charge < -0.3 is 10.2 Å². The average Bonchev–Trinajstić information content (AvgIpc) is 2.91. The highest BCUT2D eigenvalue weighted by Gasteiger charge is 2.59. The molecule has 0 saturated heterocycles. The van der Waals surface area contributed by atoms with Gasteiger partial charge in [0.15, 0.2) is 0 Å². The highest BCUT2D eigenvalue weighted by molar-refractivity contribution is 5.25. The van der Waals surface area contributed by atoms with Gasteiger partial charge in [-0.25, -0.2) is 0 Å². The molecule has 2 N–H and O–H groups in total. The summed E-state index contributed by atoms with van der Waals surface area (Å²) < 4.78 is 0. The zero-order valence-corrected chi connectivity index (χ0v) is 17.6. The SMILES string of the molecule is C[C@@H]([C@H]1CC[C@H]2[C@@H]3CC=C4C[C@@H](O)CC[C@]4(C)[C@H]3CC[C@]12C)C(C)(C)O. The summed E-state index contributed by atoms with van der Waals surface area (Å²) in [5.41, 5.74) is 1.73. The van der Waals surface area contributed by atoms with E-state index >= 15 is 0 Å². The molecular formula is C24H40O2. The molecule has 3 fully saturated rings. The van der Waals surface area contributed by atoms with Gasteiger partial charge in [-0.2, -0.15) is 0 Å². The molecule has 2 heteroatoms. The fourth-order valence-corrected chi connectivity index (χ4v) is 8.00. The predicted molar refractivity (Wildman–Crippen MR) is 107 cm³/mol. The lowest BCUT2D eigenvalue weighted by Gasteiger charge is -2.58. The number of hydrogen-bond donors (Lipinski definition) is 2. The molecule has 8 atom stereocenters. The lowest BCUT2D eigenvalue weighted by molar-refractivity contribution is -0.0829. The number of aliphatic hydroxyl groups is 2. The molecule has 0 aromatic heterocycles. The highest BCUT2D eigenvalue weighted by atomic mass is 16.3. The number of fused-ring (bicyclic) bond motifs is 5. The van der Waals surface area contributed by atoms with Gasteiger partial charge in [-0.1, -0.05) is 32.4 Å². The van der Waals surface area contributed by atoms with Crippen molar-refractivity contribution in [2.75, 3.05) is 0 Å². The number of aliphatic hydroxyl groups excluding tert-OH is 1. The van der Waals surface area contributed by atoms with Crippen molar-refractivity contribution in [3.63, 3.8) is 0 Å². The summed E-state index contributed by atoms with van der Waals surface area (Å²) in [7, 11) is 0. The average molecular weight is 361 g/mol. The second-order valence-corrected chi connectivity index (χ2v) is 11.3. The van der Waals surface area contributed by atoms with Crippen LogP contribution in [0.3, 0.4) is 0 Å². The molecule has 0 heterocycles. The van der Waals surface area contributed by atoms with Gasteiger partial charge in [0.2, 0.25) is 0 Å². The van der Waals surface area contributed by atoms with Crippen molar-refractivity contribution < 1.29 is 10.2 Å². The summed E-state index contributed by atoms with van der Waals surface area (Å²) in [6.07, 6.45) is 12.0. The summed E-state index contributed by atoms with van der Waals surface area (Å²) in [6, 6.07) is 0. The van der Waals surface area contributed by atoms with Crippen LogP contribution in [0.5, 0.6) is 0 Å². The number of rotatable bonds is 2. The van der Waals surface area contributed by atoms with E-state index in [2.05, 4.69) is 26.8 Å². The molecule has 0 aromatic carbocycles. The second-order valence-electron chi connectivity index (χ2n) is 11.3. The van der Waals surface area contributed by atoms with E-state index in [1.807, 2.05) is 13.8 Å². The summed E-state index contributed by atoms with van der Waals surface area (Å²) in [6.45, 7) is 11.4. The standard InChI is InChI=1S/C24H40O2/c1-15(22(2,3)26)19-8-9-20-18-7-6-16-14-17(25)10-12-23(16,4)21(18)11-13-24(19,20)5/h6,15,17-21,25-26H,7-14H2,1-5H3/t15-,17-,18-,19+,20-,21-,23-,24+/m0/s1. The van der Waals surface area contributed by atoms with Crippen molar-refractivity contribution in [3.05, 3.63) is 11.6 Å². The van der Waals surface area contributed by atoms with E-state index < -0.39 is 5.60 Å². The van der Waals surface area contributed by atoms with Crippen LogP contribution in [0.4, 0.5) is 0 Å². The van der Waals surface area contributed by atoms with Crippen molar-refractivity contribution in [3.8, 4) is 0 Å². The molecule has 26 heavy (non-hydrogen) atoms.